The Kier molecular flexibility index (Phi) is 5.12. The fourth-order valence-electron chi connectivity index (χ4n) is 2.82. The molecular weight excluding hydrogens is 364 g/mol. The Balaban J connectivity index is 1.69. The van der Waals surface area contributed by atoms with Crippen LogP contribution in [0.1, 0.15) is 15.9 Å². The maximum Gasteiger partial charge on any atom is 0.255 e. The van der Waals surface area contributed by atoms with E-state index in [0.717, 1.165) is 0 Å². The number of rotatable bonds is 2. The molecule has 1 aliphatic heterocycles. The van der Waals surface area contributed by atoms with Crippen LogP contribution < -0.4 is 4.90 Å². The summed E-state index contributed by atoms with van der Waals surface area (Å²) in [6.45, 7) is 1.91. The van der Waals surface area contributed by atoms with Crippen LogP contribution in [0.25, 0.3) is 0 Å². The van der Waals surface area contributed by atoms with Gasteiger partial charge in [0.05, 0.1) is 27.9 Å². The number of carbonyl (C=O) groups is 1. The van der Waals surface area contributed by atoms with Gasteiger partial charge in [-0.25, -0.2) is 4.39 Å². The molecule has 128 valence electrons. The lowest BCUT2D eigenvalue weighted by atomic mass is 10.1. The fraction of sp³-hybridized carbons (Fsp3) is 0.222. The van der Waals surface area contributed by atoms with Gasteiger partial charge in [-0.15, -0.1) is 0 Å². The normalized spacial score (nSPS) is 14.3. The van der Waals surface area contributed by atoms with Gasteiger partial charge in [-0.3, -0.25) is 4.79 Å². The summed E-state index contributed by atoms with van der Waals surface area (Å²) >= 11 is 12.0. The zero-order valence-electron chi connectivity index (χ0n) is 13.2. The van der Waals surface area contributed by atoms with E-state index in [4.69, 9.17) is 28.5 Å². The Bertz CT molecular complexity index is 858. The van der Waals surface area contributed by atoms with Crippen molar-refractivity contribution in [2.45, 2.75) is 0 Å². The van der Waals surface area contributed by atoms with Crippen LogP contribution in [0.4, 0.5) is 10.1 Å². The molecule has 1 aliphatic rings. The first-order valence-corrected chi connectivity index (χ1v) is 8.44. The molecule has 1 heterocycles. The first-order valence-electron chi connectivity index (χ1n) is 7.68. The molecule has 0 radical (unpaired) electrons. The third-order valence-electron chi connectivity index (χ3n) is 4.15. The van der Waals surface area contributed by atoms with Crippen molar-refractivity contribution in [1.29, 1.82) is 5.26 Å². The predicted octanol–water partition coefficient (Wildman–Crippen LogP) is 3.97. The summed E-state index contributed by atoms with van der Waals surface area (Å²) in [6.07, 6.45) is 0. The number of nitrogens with zero attached hydrogens (tertiary/aromatic N) is 3. The molecule has 7 heteroatoms. The van der Waals surface area contributed by atoms with Crippen LogP contribution in [-0.2, 0) is 0 Å². The van der Waals surface area contributed by atoms with Crippen LogP contribution in [0.3, 0.4) is 0 Å². The number of halogens is 3. The Labute approximate surface area is 155 Å². The average Bonchev–Trinajstić information content (AvgIpc) is 2.61. The number of nitriles is 1. The zero-order chi connectivity index (χ0) is 18.0. The minimum atomic E-state index is -0.431. The lowest BCUT2D eigenvalue weighted by Crippen LogP contribution is -2.49. The molecule has 0 bridgehead atoms. The molecule has 1 amide bonds. The molecule has 4 nitrogen and oxygen atoms in total. The first-order chi connectivity index (χ1) is 12.0. The monoisotopic (exact) mass is 377 g/mol. The number of amides is 1. The van der Waals surface area contributed by atoms with Crippen molar-refractivity contribution in [3.63, 3.8) is 0 Å². The van der Waals surface area contributed by atoms with E-state index >= 15 is 0 Å². The number of anilines is 1. The standard InChI is InChI=1S/C18H14Cl2FN3O/c19-13-2-3-14(15(20)10-13)18(25)24-7-5-23(6-8-24)17-4-1-12(11-22)9-16(17)21/h1-4,9-10H,5-8H2. The quantitative estimate of drug-likeness (QED) is 0.795. The highest BCUT2D eigenvalue weighted by molar-refractivity contribution is 6.36. The molecule has 0 atom stereocenters. The minimum Gasteiger partial charge on any atom is -0.366 e. The number of hydrogen-bond donors (Lipinski definition) is 0. The molecule has 0 aliphatic carbocycles. The molecule has 0 saturated carbocycles. The second kappa shape index (κ2) is 7.30. The third kappa shape index (κ3) is 3.71. The Morgan fingerprint density at radius 3 is 2.40 bits per heavy atom. The molecule has 2 aromatic rings. The van der Waals surface area contributed by atoms with Gasteiger partial charge in [0, 0.05) is 31.2 Å². The van der Waals surface area contributed by atoms with Crippen molar-refractivity contribution >= 4 is 34.8 Å². The van der Waals surface area contributed by atoms with Crippen LogP contribution in [0, 0.1) is 17.1 Å². The van der Waals surface area contributed by atoms with E-state index in [0.29, 0.717) is 47.5 Å². The predicted molar refractivity (Wildman–Crippen MR) is 95.7 cm³/mol. The van der Waals surface area contributed by atoms with Gasteiger partial charge in [0.2, 0.25) is 0 Å². The van der Waals surface area contributed by atoms with Crippen molar-refractivity contribution in [3.8, 4) is 6.07 Å². The van der Waals surface area contributed by atoms with E-state index in [2.05, 4.69) is 0 Å². The van der Waals surface area contributed by atoms with E-state index in [-0.39, 0.29) is 11.5 Å². The Hall–Kier alpha value is -2.29. The number of benzene rings is 2. The second-order valence-corrected chi connectivity index (χ2v) is 6.53. The largest absolute Gasteiger partial charge is 0.366 e. The lowest BCUT2D eigenvalue weighted by Gasteiger charge is -2.36. The summed E-state index contributed by atoms with van der Waals surface area (Å²) in [6, 6.07) is 11.1. The summed E-state index contributed by atoms with van der Waals surface area (Å²) in [5.74, 6) is -0.596. The SMILES string of the molecule is N#Cc1ccc(N2CCN(C(=O)c3ccc(Cl)cc3Cl)CC2)c(F)c1. The summed E-state index contributed by atoms with van der Waals surface area (Å²) in [5.41, 5.74) is 1.13. The van der Waals surface area contributed by atoms with Gasteiger partial charge in [-0.2, -0.15) is 5.26 Å². The molecular formula is C18H14Cl2FN3O. The highest BCUT2D eigenvalue weighted by Crippen LogP contribution is 2.25. The van der Waals surface area contributed by atoms with Crippen LogP contribution in [-0.4, -0.2) is 37.0 Å². The average molecular weight is 378 g/mol. The highest BCUT2D eigenvalue weighted by atomic mass is 35.5. The van der Waals surface area contributed by atoms with Gasteiger partial charge >= 0.3 is 0 Å². The van der Waals surface area contributed by atoms with Crippen molar-refractivity contribution in [2.75, 3.05) is 31.1 Å². The topological polar surface area (TPSA) is 47.3 Å². The van der Waals surface area contributed by atoms with Gasteiger partial charge in [-0.05, 0) is 36.4 Å². The van der Waals surface area contributed by atoms with Crippen LogP contribution >= 0.6 is 23.2 Å². The molecule has 0 spiro atoms. The Morgan fingerprint density at radius 1 is 1.08 bits per heavy atom. The Morgan fingerprint density at radius 2 is 1.80 bits per heavy atom. The summed E-state index contributed by atoms with van der Waals surface area (Å²) in [5, 5.41) is 9.61. The first kappa shape index (κ1) is 17.5. The maximum atomic E-state index is 14.1. The number of carbonyl (C=O) groups excluding carboxylic acids is 1. The molecule has 0 unspecified atom stereocenters. The maximum absolute atomic E-state index is 14.1. The molecule has 3 rings (SSSR count). The van der Waals surface area contributed by atoms with Crippen molar-refractivity contribution < 1.29 is 9.18 Å². The van der Waals surface area contributed by atoms with Crippen molar-refractivity contribution in [1.82, 2.24) is 4.90 Å². The molecule has 0 N–H and O–H groups in total. The summed E-state index contributed by atoms with van der Waals surface area (Å²) < 4.78 is 14.1. The van der Waals surface area contributed by atoms with E-state index in [1.54, 1.807) is 35.2 Å². The third-order valence-corrected chi connectivity index (χ3v) is 4.69. The van der Waals surface area contributed by atoms with Gasteiger partial charge in [0.1, 0.15) is 5.82 Å². The molecule has 2 aromatic carbocycles. The van der Waals surface area contributed by atoms with Crippen LogP contribution in [0.15, 0.2) is 36.4 Å². The van der Waals surface area contributed by atoms with Gasteiger partial charge < -0.3 is 9.80 Å². The molecule has 1 fully saturated rings. The van der Waals surface area contributed by atoms with E-state index < -0.39 is 5.82 Å². The smallest absolute Gasteiger partial charge is 0.255 e. The minimum absolute atomic E-state index is 0.165. The van der Waals surface area contributed by atoms with Crippen LogP contribution in [0.5, 0.6) is 0 Å². The molecule has 1 saturated heterocycles. The van der Waals surface area contributed by atoms with Gasteiger partial charge in [-0.1, -0.05) is 23.2 Å². The molecule has 0 aromatic heterocycles. The summed E-state index contributed by atoms with van der Waals surface area (Å²) in [4.78, 5) is 16.1. The highest BCUT2D eigenvalue weighted by Gasteiger charge is 2.25. The number of hydrogen-bond acceptors (Lipinski definition) is 3. The second-order valence-electron chi connectivity index (χ2n) is 5.68. The zero-order valence-corrected chi connectivity index (χ0v) is 14.7. The van der Waals surface area contributed by atoms with Crippen molar-refractivity contribution in [3.05, 3.63) is 63.4 Å². The van der Waals surface area contributed by atoms with Crippen molar-refractivity contribution in [2.24, 2.45) is 0 Å². The van der Waals surface area contributed by atoms with E-state index in [1.807, 2.05) is 11.0 Å². The van der Waals surface area contributed by atoms with Gasteiger partial charge in [0.15, 0.2) is 0 Å². The van der Waals surface area contributed by atoms with E-state index in [9.17, 15) is 9.18 Å². The van der Waals surface area contributed by atoms with E-state index in [1.165, 1.54) is 6.07 Å². The summed E-state index contributed by atoms with van der Waals surface area (Å²) in [7, 11) is 0. The fourth-order valence-corrected chi connectivity index (χ4v) is 3.31. The van der Waals surface area contributed by atoms with Gasteiger partial charge in [0.25, 0.3) is 5.91 Å². The van der Waals surface area contributed by atoms with Crippen LogP contribution in [0.2, 0.25) is 10.0 Å². The number of piperazine rings is 1. The molecule has 25 heavy (non-hydrogen) atoms. The lowest BCUT2D eigenvalue weighted by molar-refractivity contribution is 0.0747.